The molecule has 0 radical (unpaired) electrons. The highest BCUT2D eigenvalue weighted by Crippen LogP contribution is 2.19. The van der Waals surface area contributed by atoms with E-state index in [1.165, 1.54) is 0 Å². The molecule has 0 saturated carbocycles. The SMILES string of the molecule is CCc1ncc(C)nc1CC.COc1nccnc1C(C)C. The van der Waals surface area contributed by atoms with Crippen LogP contribution in [-0.4, -0.2) is 27.0 Å². The van der Waals surface area contributed by atoms with Gasteiger partial charge in [0.05, 0.1) is 24.2 Å². The summed E-state index contributed by atoms with van der Waals surface area (Å²) in [7, 11) is 1.61. The zero-order valence-corrected chi connectivity index (χ0v) is 14.4. The summed E-state index contributed by atoms with van der Waals surface area (Å²) >= 11 is 0. The van der Waals surface area contributed by atoms with E-state index in [-0.39, 0.29) is 0 Å². The average Bonchev–Trinajstić information content (AvgIpc) is 2.55. The first-order valence-corrected chi connectivity index (χ1v) is 7.69. The van der Waals surface area contributed by atoms with Crippen molar-refractivity contribution in [2.45, 2.75) is 53.4 Å². The van der Waals surface area contributed by atoms with E-state index in [0.29, 0.717) is 11.8 Å². The van der Waals surface area contributed by atoms with Gasteiger partial charge in [0.25, 0.3) is 0 Å². The minimum Gasteiger partial charge on any atom is -0.480 e. The highest BCUT2D eigenvalue weighted by atomic mass is 16.5. The van der Waals surface area contributed by atoms with Crippen molar-refractivity contribution in [3.05, 3.63) is 41.4 Å². The molecule has 0 aromatic carbocycles. The van der Waals surface area contributed by atoms with Crippen LogP contribution in [0.15, 0.2) is 18.6 Å². The van der Waals surface area contributed by atoms with E-state index < -0.39 is 0 Å². The Balaban J connectivity index is 0.000000220. The standard InChI is InChI=1S/C9H14N2.C8H12N2O/c1-4-8-9(5-2)11-7(3)6-10-8;1-6(2)7-8(11-3)10-5-4-9-7/h6H,4-5H2,1-3H3;4-6H,1-3H3. The van der Waals surface area contributed by atoms with Gasteiger partial charge in [0, 0.05) is 24.5 Å². The third-order valence-electron chi connectivity index (χ3n) is 3.15. The predicted octanol–water partition coefficient (Wildman–Crippen LogP) is 3.52. The molecule has 120 valence electrons. The summed E-state index contributed by atoms with van der Waals surface area (Å²) < 4.78 is 5.03. The van der Waals surface area contributed by atoms with Crippen LogP contribution >= 0.6 is 0 Å². The van der Waals surface area contributed by atoms with Gasteiger partial charge in [-0.3, -0.25) is 15.0 Å². The van der Waals surface area contributed by atoms with Crippen molar-refractivity contribution in [2.75, 3.05) is 7.11 Å². The van der Waals surface area contributed by atoms with E-state index in [1.54, 1.807) is 19.5 Å². The quantitative estimate of drug-likeness (QED) is 0.864. The van der Waals surface area contributed by atoms with Crippen molar-refractivity contribution >= 4 is 0 Å². The molecular formula is C17H26N4O. The molecule has 0 spiro atoms. The second-order valence-corrected chi connectivity index (χ2v) is 5.22. The van der Waals surface area contributed by atoms with Gasteiger partial charge in [-0.2, -0.15) is 0 Å². The summed E-state index contributed by atoms with van der Waals surface area (Å²) in [6, 6.07) is 0. The van der Waals surface area contributed by atoms with Gasteiger partial charge in [-0.1, -0.05) is 27.7 Å². The molecule has 0 aliphatic heterocycles. The van der Waals surface area contributed by atoms with Crippen LogP contribution in [-0.2, 0) is 12.8 Å². The normalized spacial score (nSPS) is 10.1. The van der Waals surface area contributed by atoms with Crippen LogP contribution in [0.25, 0.3) is 0 Å². The summed E-state index contributed by atoms with van der Waals surface area (Å²) in [6.45, 7) is 10.3. The molecular weight excluding hydrogens is 276 g/mol. The van der Waals surface area contributed by atoms with E-state index in [4.69, 9.17) is 4.74 Å². The third-order valence-corrected chi connectivity index (χ3v) is 3.15. The molecule has 0 unspecified atom stereocenters. The number of hydrogen-bond donors (Lipinski definition) is 0. The molecule has 5 heteroatoms. The Morgan fingerprint density at radius 3 is 2.14 bits per heavy atom. The molecule has 2 rings (SSSR count). The first-order valence-electron chi connectivity index (χ1n) is 7.69. The number of aryl methyl sites for hydroxylation is 3. The third kappa shape index (κ3) is 5.06. The molecule has 0 aliphatic rings. The van der Waals surface area contributed by atoms with Gasteiger partial charge in [0.1, 0.15) is 5.69 Å². The van der Waals surface area contributed by atoms with Crippen LogP contribution in [0, 0.1) is 6.92 Å². The molecule has 22 heavy (non-hydrogen) atoms. The first kappa shape index (κ1) is 18.0. The van der Waals surface area contributed by atoms with Gasteiger partial charge in [-0.25, -0.2) is 4.98 Å². The maximum absolute atomic E-state index is 5.03. The van der Waals surface area contributed by atoms with Gasteiger partial charge in [0.2, 0.25) is 5.88 Å². The van der Waals surface area contributed by atoms with Crippen molar-refractivity contribution in [3.8, 4) is 5.88 Å². The zero-order chi connectivity index (χ0) is 16.5. The number of methoxy groups -OCH3 is 1. The Morgan fingerprint density at radius 2 is 1.64 bits per heavy atom. The lowest BCUT2D eigenvalue weighted by atomic mass is 10.1. The van der Waals surface area contributed by atoms with E-state index in [2.05, 4.69) is 47.6 Å². The summed E-state index contributed by atoms with van der Waals surface area (Å²) in [5.74, 6) is 0.987. The smallest absolute Gasteiger partial charge is 0.235 e. The van der Waals surface area contributed by atoms with E-state index >= 15 is 0 Å². The number of nitrogens with zero attached hydrogens (tertiary/aromatic N) is 4. The molecule has 0 N–H and O–H groups in total. The lowest BCUT2D eigenvalue weighted by Gasteiger charge is -2.07. The fourth-order valence-electron chi connectivity index (χ4n) is 2.02. The number of ether oxygens (including phenoxy) is 1. The van der Waals surface area contributed by atoms with Crippen LogP contribution in [0.4, 0.5) is 0 Å². The molecule has 0 bridgehead atoms. The van der Waals surface area contributed by atoms with Gasteiger partial charge >= 0.3 is 0 Å². The van der Waals surface area contributed by atoms with Gasteiger partial charge < -0.3 is 4.74 Å². The van der Waals surface area contributed by atoms with Crippen LogP contribution in [0.1, 0.15) is 56.4 Å². The van der Waals surface area contributed by atoms with E-state index in [1.807, 2.05) is 13.1 Å². The highest BCUT2D eigenvalue weighted by Gasteiger charge is 2.07. The molecule has 0 atom stereocenters. The van der Waals surface area contributed by atoms with Crippen molar-refractivity contribution in [3.63, 3.8) is 0 Å². The van der Waals surface area contributed by atoms with Crippen molar-refractivity contribution in [2.24, 2.45) is 0 Å². The molecule has 5 nitrogen and oxygen atoms in total. The van der Waals surface area contributed by atoms with Crippen LogP contribution in [0.5, 0.6) is 5.88 Å². The monoisotopic (exact) mass is 302 g/mol. The number of rotatable bonds is 4. The maximum atomic E-state index is 5.03. The molecule has 2 aromatic heterocycles. The predicted molar refractivity (Wildman–Crippen MR) is 88.2 cm³/mol. The Labute approximate surface area is 133 Å². The number of aromatic nitrogens is 4. The van der Waals surface area contributed by atoms with E-state index in [0.717, 1.165) is 35.6 Å². The summed E-state index contributed by atoms with van der Waals surface area (Å²) in [4.78, 5) is 16.9. The minimum absolute atomic E-state index is 0.360. The molecule has 2 heterocycles. The van der Waals surface area contributed by atoms with E-state index in [9.17, 15) is 0 Å². The summed E-state index contributed by atoms with van der Waals surface area (Å²) in [6.07, 6.45) is 7.11. The first-order chi connectivity index (χ1) is 10.5. The molecule has 0 saturated heterocycles. The largest absolute Gasteiger partial charge is 0.480 e. The zero-order valence-electron chi connectivity index (χ0n) is 14.4. The Bertz CT molecular complexity index is 585. The number of hydrogen-bond acceptors (Lipinski definition) is 5. The lowest BCUT2D eigenvalue weighted by molar-refractivity contribution is 0.386. The van der Waals surface area contributed by atoms with Crippen LogP contribution in [0.3, 0.4) is 0 Å². The molecule has 0 amide bonds. The molecule has 0 fully saturated rings. The van der Waals surface area contributed by atoms with Crippen molar-refractivity contribution in [1.29, 1.82) is 0 Å². The summed E-state index contributed by atoms with van der Waals surface area (Å²) in [5.41, 5.74) is 4.21. The molecule has 2 aromatic rings. The Hall–Kier alpha value is -2.04. The minimum atomic E-state index is 0.360. The van der Waals surface area contributed by atoms with Crippen LogP contribution < -0.4 is 4.74 Å². The highest BCUT2D eigenvalue weighted by molar-refractivity contribution is 5.20. The maximum Gasteiger partial charge on any atom is 0.235 e. The van der Waals surface area contributed by atoms with Gasteiger partial charge in [-0.15, -0.1) is 0 Å². The molecule has 0 aliphatic carbocycles. The second-order valence-electron chi connectivity index (χ2n) is 5.22. The Kier molecular flexibility index (Phi) is 7.43. The fourth-order valence-corrected chi connectivity index (χ4v) is 2.02. The Morgan fingerprint density at radius 1 is 1.00 bits per heavy atom. The van der Waals surface area contributed by atoms with Crippen LogP contribution in [0.2, 0.25) is 0 Å². The fraction of sp³-hybridized carbons (Fsp3) is 0.529. The summed E-state index contributed by atoms with van der Waals surface area (Å²) in [5, 5.41) is 0. The average molecular weight is 302 g/mol. The lowest BCUT2D eigenvalue weighted by Crippen LogP contribution is -2.00. The topological polar surface area (TPSA) is 60.8 Å². The second kappa shape index (κ2) is 9.07. The van der Waals surface area contributed by atoms with Gasteiger partial charge in [-0.05, 0) is 19.8 Å². The van der Waals surface area contributed by atoms with Crippen molar-refractivity contribution in [1.82, 2.24) is 19.9 Å². The van der Waals surface area contributed by atoms with Crippen molar-refractivity contribution < 1.29 is 4.74 Å². The van der Waals surface area contributed by atoms with Gasteiger partial charge in [0.15, 0.2) is 0 Å².